The Kier molecular flexibility index (Phi) is 4.76. The summed E-state index contributed by atoms with van der Waals surface area (Å²) in [6.45, 7) is 13.2. The zero-order chi connectivity index (χ0) is 15.8. The van der Waals surface area contributed by atoms with Crippen molar-refractivity contribution in [1.29, 1.82) is 0 Å². The van der Waals surface area contributed by atoms with E-state index in [1.165, 1.54) is 0 Å². The maximum Gasteiger partial charge on any atom is 0.495 e. The molecule has 0 spiro atoms. The van der Waals surface area contributed by atoms with E-state index < -0.39 is 0 Å². The van der Waals surface area contributed by atoms with Crippen LogP contribution in [0.5, 0.6) is 5.75 Å². The lowest BCUT2D eigenvalue weighted by Crippen LogP contribution is -2.41. The number of benzene rings is 1. The lowest BCUT2D eigenvalue weighted by atomic mass is 9.79. The fraction of sp³-hybridized carbons (Fsp3) is 0.625. The summed E-state index contributed by atoms with van der Waals surface area (Å²) in [5, 5.41) is 0. The summed E-state index contributed by atoms with van der Waals surface area (Å²) in [6, 6.07) is 5.98. The van der Waals surface area contributed by atoms with Crippen LogP contribution in [0.4, 0.5) is 0 Å². The molecule has 0 atom stereocenters. The van der Waals surface area contributed by atoms with Gasteiger partial charge in [0.1, 0.15) is 5.75 Å². The van der Waals surface area contributed by atoms with Crippen molar-refractivity contribution in [3.05, 3.63) is 22.7 Å². The molecule has 116 valence electrons. The largest absolute Gasteiger partial charge is 0.495 e. The summed E-state index contributed by atoms with van der Waals surface area (Å²) in [6.07, 6.45) is 0. The number of rotatable bonds is 4. The Balaban J connectivity index is 2.21. The second kappa shape index (κ2) is 5.94. The maximum absolute atomic E-state index is 6.09. The maximum atomic E-state index is 6.09. The molecule has 0 unspecified atom stereocenters. The average Bonchev–Trinajstić information content (AvgIpc) is 2.55. The van der Waals surface area contributed by atoms with Crippen molar-refractivity contribution < 1.29 is 14.0 Å². The summed E-state index contributed by atoms with van der Waals surface area (Å²) >= 11 is 3.53. The molecule has 1 aromatic rings. The number of hydrogen-bond donors (Lipinski definition) is 0. The highest BCUT2D eigenvalue weighted by Gasteiger charge is 2.51. The van der Waals surface area contributed by atoms with Crippen LogP contribution in [0.25, 0.3) is 0 Å². The molecule has 1 aliphatic heterocycles. The van der Waals surface area contributed by atoms with Crippen LogP contribution in [-0.4, -0.2) is 24.9 Å². The summed E-state index contributed by atoms with van der Waals surface area (Å²) < 4.78 is 19.0. The highest BCUT2D eigenvalue weighted by molar-refractivity contribution is 9.10. The zero-order valence-electron chi connectivity index (χ0n) is 13.7. The van der Waals surface area contributed by atoms with E-state index in [0.717, 1.165) is 15.7 Å². The predicted octanol–water partition coefficient (Wildman–Crippen LogP) is 3.78. The zero-order valence-corrected chi connectivity index (χ0v) is 15.3. The topological polar surface area (TPSA) is 27.7 Å². The van der Waals surface area contributed by atoms with Crippen molar-refractivity contribution in [3.63, 3.8) is 0 Å². The van der Waals surface area contributed by atoms with Gasteiger partial charge in [0.2, 0.25) is 0 Å². The smallest absolute Gasteiger partial charge is 0.493 e. The van der Waals surface area contributed by atoms with Crippen molar-refractivity contribution in [1.82, 2.24) is 0 Å². The highest BCUT2D eigenvalue weighted by atomic mass is 79.9. The van der Waals surface area contributed by atoms with Crippen molar-refractivity contribution in [2.24, 2.45) is 5.92 Å². The predicted molar refractivity (Wildman–Crippen MR) is 90.2 cm³/mol. The van der Waals surface area contributed by atoms with Gasteiger partial charge < -0.3 is 14.0 Å². The summed E-state index contributed by atoms with van der Waals surface area (Å²) in [5.41, 5.74) is 0.305. The molecule has 0 bridgehead atoms. The van der Waals surface area contributed by atoms with E-state index in [9.17, 15) is 0 Å². The first-order valence-corrected chi connectivity index (χ1v) is 8.19. The van der Waals surface area contributed by atoms with Crippen molar-refractivity contribution in [2.45, 2.75) is 52.7 Å². The van der Waals surface area contributed by atoms with Crippen LogP contribution in [0.15, 0.2) is 22.7 Å². The molecule has 0 amide bonds. The summed E-state index contributed by atoms with van der Waals surface area (Å²) in [7, 11) is -0.367. The first kappa shape index (κ1) is 16.8. The molecule has 1 fully saturated rings. The van der Waals surface area contributed by atoms with Gasteiger partial charge in [0, 0.05) is 4.47 Å². The third-order valence-electron chi connectivity index (χ3n) is 4.00. The fourth-order valence-electron chi connectivity index (χ4n) is 2.05. The molecule has 0 aromatic heterocycles. The molecule has 0 saturated carbocycles. The standard InChI is InChI=1S/C16H24BBrO3/c1-11(2)10-19-14-8-12(7-13(18)9-14)17-20-15(3,4)16(5,6)21-17/h7-9,11H,10H2,1-6H3. The van der Waals surface area contributed by atoms with Crippen LogP contribution in [-0.2, 0) is 9.31 Å². The molecule has 1 saturated heterocycles. The van der Waals surface area contributed by atoms with Gasteiger partial charge in [-0.1, -0.05) is 29.8 Å². The number of halogens is 1. The molecular formula is C16H24BBrO3. The van der Waals surface area contributed by atoms with E-state index >= 15 is 0 Å². The van der Waals surface area contributed by atoms with E-state index in [-0.39, 0.29) is 18.3 Å². The van der Waals surface area contributed by atoms with Gasteiger partial charge in [-0.3, -0.25) is 0 Å². The minimum Gasteiger partial charge on any atom is -0.493 e. The first-order valence-electron chi connectivity index (χ1n) is 7.40. The average molecular weight is 355 g/mol. The number of hydrogen-bond acceptors (Lipinski definition) is 3. The molecule has 0 aliphatic carbocycles. The van der Waals surface area contributed by atoms with Gasteiger partial charge in [0.15, 0.2) is 0 Å². The van der Waals surface area contributed by atoms with E-state index in [0.29, 0.717) is 12.5 Å². The van der Waals surface area contributed by atoms with E-state index in [1.807, 2.05) is 18.2 Å². The fourth-order valence-corrected chi connectivity index (χ4v) is 2.54. The quantitative estimate of drug-likeness (QED) is 0.770. The van der Waals surface area contributed by atoms with Crippen LogP contribution in [0, 0.1) is 5.92 Å². The Labute approximate surface area is 136 Å². The van der Waals surface area contributed by atoms with E-state index in [2.05, 4.69) is 57.5 Å². The second-order valence-electron chi connectivity index (χ2n) is 7.01. The van der Waals surface area contributed by atoms with Crippen molar-refractivity contribution >= 4 is 28.5 Å². The Bertz CT molecular complexity index is 498. The molecule has 1 heterocycles. The summed E-state index contributed by atoms with van der Waals surface area (Å²) in [4.78, 5) is 0. The minimum atomic E-state index is -0.367. The summed E-state index contributed by atoms with van der Waals surface area (Å²) in [5.74, 6) is 1.33. The second-order valence-corrected chi connectivity index (χ2v) is 7.93. The SMILES string of the molecule is CC(C)COc1cc(Br)cc(B2OC(C)(C)C(C)(C)O2)c1. The lowest BCUT2D eigenvalue weighted by molar-refractivity contribution is 0.00578. The molecule has 1 aromatic carbocycles. The third kappa shape index (κ3) is 3.82. The Hall–Kier alpha value is -0.515. The van der Waals surface area contributed by atoms with E-state index in [4.69, 9.17) is 14.0 Å². The van der Waals surface area contributed by atoms with Gasteiger partial charge >= 0.3 is 7.12 Å². The van der Waals surface area contributed by atoms with Crippen LogP contribution in [0.1, 0.15) is 41.5 Å². The molecule has 1 aliphatic rings. The third-order valence-corrected chi connectivity index (χ3v) is 4.46. The Morgan fingerprint density at radius 1 is 1.10 bits per heavy atom. The van der Waals surface area contributed by atoms with Gasteiger partial charge in [0.05, 0.1) is 17.8 Å². The molecule has 0 N–H and O–H groups in total. The Morgan fingerprint density at radius 2 is 1.67 bits per heavy atom. The Morgan fingerprint density at radius 3 is 2.19 bits per heavy atom. The molecular weight excluding hydrogens is 331 g/mol. The van der Waals surface area contributed by atoms with Crippen molar-refractivity contribution in [2.75, 3.05) is 6.61 Å². The van der Waals surface area contributed by atoms with Crippen LogP contribution in [0.2, 0.25) is 0 Å². The van der Waals surface area contributed by atoms with Crippen LogP contribution < -0.4 is 10.2 Å². The van der Waals surface area contributed by atoms with Gasteiger partial charge in [0.25, 0.3) is 0 Å². The van der Waals surface area contributed by atoms with Crippen LogP contribution >= 0.6 is 15.9 Å². The van der Waals surface area contributed by atoms with Crippen molar-refractivity contribution in [3.8, 4) is 5.75 Å². The van der Waals surface area contributed by atoms with Crippen LogP contribution in [0.3, 0.4) is 0 Å². The molecule has 5 heteroatoms. The first-order chi connectivity index (χ1) is 9.60. The van der Waals surface area contributed by atoms with Gasteiger partial charge in [-0.15, -0.1) is 0 Å². The monoisotopic (exact) mass is 354 g/mol. The molecule has 3 nitrogen and oxygen atoms in total. The van der Waals surface area contributed by atoms with Gasteiger partial charge in [-0.25, -0.2) is 0 Å². The minimum absolute atomic E-state index is 0.334. The molecule has 2 rings (SSSR count). The molecule has 0 radical (unpaired) electrons. The lowest BCUT2D eigenvalue weighted by Gasteiger charge is -2.32. The van der Waals surface area contributed by atoms with Gasteiger partial charge in [-0.05, 0) is 57.3 Å². The highest BCUT2D eigenvalue weighted by Crippen LogP contribution is 2.36. The van der Waals surface area contributed by atoms with Gasteiger partial charge in [-0.2, -0.15) is 0 Å². The van der Waals surface area contributed by atoms with E-state index in [1.54, 1.807) is 0 Å². The molecule has 21 heavy (non-hydrogen) atoms. The number of ether oxygens (including phenoxy) is 1. The normalized spacial score (nSPS) is 20.1.